The van der Waals surface area contributed by atoms with Crippen molar-refractivity contribution in [2.75, 3.05) is 0 Å². The Morgan fingerprint density at radius 1 is 1.40 bits per heavy atom. The number of benzene rings is 1. The molecule has 0 amide bonds. The van der Waals surface area contributed by atoms with Crippen LogP contribution in [0.1, 0.15) is 25.5 Å². The van der Waals surface area contributed by atoms with Gasteiger partial charge in [-0.2, -0.15) is 0 Å². The van der Waals surface area contributed by atoms with Gasteiger partial charge in [-0.05, 0) is 30.7 Å². The molecule has 0 saturated heterocycles. The summed E-state index contributed by atoms with van der Waals surface area (Å²) in [6.45, 7) is 2.77. The van der Waals surface area contributed by atoms with Crippen molar-refractivity contribution in [3.63, 3.8) is 0 Å². The first-order valence-electron chi connectivity index (χ1n) is 6.62. The fourth-order valence-corrected chi connectivity index (χ4v) is 2.70. The SMILES string of the molecule is C#CC(CCC)NCc1csc(-c2ccc(F)cc2)n1. The molecule has 0 bridgehead atoms. The molecule has 1 unspecified atom stereocenters. The summed E-state index contributed by atoms with van der Waals surface area (Å²) in [5.74, 6) is 2.51. The van der Waals surface area contributed by atoms with Gasteiger partial charge >= 0.3 is 0 Å². The van der Waals surface area contributed by atoms with Crippen LogP contribution in [0, 0.1) is 18.2 Å². The van der Waals surface area contributed by atoms with Crippen LogP contribution in [0.3, 0.4) is 0 Å². The van der Waals surface area contributed by atoms with Crippen molar-refractivity contribution in [3.8, 4) is 22.9 Å². The largest absolute Gasteiger partial charge is 0.298 e. The van der Waals surface area contributed by atoms with Crippen LogP contribution in [0.15, 0.2) is 29.6 Å². The van der Waals surface area contributed by atoms with Crippen LogP contribution < -0.4 is 5.32 Å². The van der Waals surface area contributed by atoms with Crippen molar-refractivity contribution in [2.45, 2.75) is 32.4 Å². The predicted molar refractivity (Wildman–Crippen MR) is 81.9 cm³/mol. The number of nitrogens with zero attached hydrogens (tertiary/aromatic N) is 1. The fourth-order valence-electron chi connectivity index (χ4n) is 1.87. The van der Waals surface area contributed by atoms with Gasteiger partial charge in [0.2, 0.25) is 0 Å². The second kappa shape index (κ2) is 7.18. The normalized spacial score (nSPS) is 12.1. The lowest BCUT2D eigenvalue weighted by atomic mass is 10.2. The Morgan fingerprint density at radius 3 is 2.80 bits per heavy atom. The third-order valence-electron chi connectivity index (χ3n) is 2.95. The van der Waals surface area contributed by atoms with Crippen LogP contribution in [0.4, 0.5) is 4.39 Å². The van der Waals surface area contributed by atoms with Crippen molar-refractivity contribution in [3.05, 3.63) is 41.2 Å². The van der Waals surface area contributed by atoms with E-state index in [0.717, 1.165) is 29.1 Å². The van der Waals surface area contributed by atoms with Gasteiger partial charge < -0.3 is 0 Å². The zero-order valence-electron chi connectivity index (χ0n) is 11.4. The quantitative estimate of drug-likeness (QED) is 0.817. The molecule has 1 heterocycles. The summed E-state index contributed by atoms with van der Waals surface area (Å²) in [6.07, 6.45) is 7.49. The molecular weight excluding hydrogens is 271 g/mol. The van der Waals surface area contributed by atoms with Crippen molar-refractivity contribution in [2.24, 2.45) is 0 Å². The van der Waals surface area contributed by atoms with Gasteiger partial charge in [0.15, 0.2) is 0 Å². The number of terminal acetylenes is 1. The van der Waals surface area contributed by atoms with Crippen LogP contribution in [-0.2, 0) is 6.54 Å². The maximum absolute atomic E-state index is 12.9. The molecule has 0 radical (unpaired) electrons. The van der Waals surface area contributed by atoms with Gasteiger partial charge in [-0.15, -0.1) is 17.8 Å². The minimum atomic E-state index is -0.233. The molecular formula is C16H17FN2S. The first kappa shape index (κ1) is 14.7. The molecule has 104 valence electrons. The van der Waals surface area contributed by atoms with Crippen LogP contribution in [0.25, 0.3) is 10.6 Å². The monoisotopic (exact) mass is 288 g/mol. The third-order valence-corrected chi connectivity index (χ3v) is 3.89. The summed E-state index contributed by atoms with van der Waals surface area (Å²) in [6, 6.07) is 6.48. The first-order valence-corrected chi connectivity index (χ1v) is 7.50. The van der Waals surface area contributed by atoms with Crippen LogP contribution in [-0.4, -0.2) is 11.0 Å². The highest BCUT2D eigenvalue weighted by molar-refractivity contribution is 7.13. The fraction of sp³-hybridized carbons (Fsp3) is 0.312. The molecule has 2 rings (SSSR count). The van der Waals surface area contributed by atoms with Gasteiger partial charge in [0, 0.05) is 17.5 Å². The molecule has 4 heteroatoms. The third kappa shape index (κ3) is 3.89. The average Bonchev–Trinajstić information content (AvgIpc) is 2.93. The lowest BCUT2D eigenvalue weighted by Crippen LogP contribution is -2.26. The second-order valence-corrected chi connectivity index (χ2v) is 5.40. The highest BCUT2D eigenvalue weighted by atomic mass is 32.1. The molecule has 1 atom stereocenters. The summed E-state index contributed by atoms with van der Waals surface area (Å²) in [5, 5.41) is 6.21. The summed E-state index contributed by atoms with van der Waals surface area (Å²) >= 11 is 1.56. The van der Waals surface area contributed by atoms with Crippen molar-refractivity contribution in [1.29, 1.82) is 0 Å². The summed E-state index contributed by atoms with van der Waals surface area (Å²) < 4.78 is 12.9. The highest BCUT2D eigenvalue weighted by Gasteiger charge is 2.07. The molecule has 1 N–H and O–H groups in total. The lowest BCUT2D eigenvalue weighted by molar-refractivity contribution is 0.559. The standard InChI is InChI=1S/C16H17FN2S/c1-3-5-14(4-2)18-10-15-11-20-16(19-15)12-6-8-13(17)9-7-12/h2,6-9,11,14,18H,3,5,10H2,1H3. The Balaban J connectivity index is 1.99. The summed E-state index contributed by atoms with van der Waals surface area (Å²) in [5.41, 5.74) is 1.90. The van der Waals surface area contributed by atoms with E-state index in [1.54, 1.807) is 23.5 Å². The van der Waals surface area contributed by atoms with Gasteiger partial charge in [0.1, 0.15) is 10.8 Å². The van der Waals surface area contributed by atoms with Crippen molar-refractivity contribution < 1.29 is 4.39 Å². The smallest absolute Gasteiger partial charge is 0.123 e. The Morgan fingerprint density at radius 2 is 2.15 bits per heavy atom. The van der Waals surface area contributed by atoms with Gasteiger partial charge in [0.25, 0.3) is 0 Å². The maximum Gasteiger partial charge on any atom is 0.123 e. The summed E-state index contributed by atoms with van der Waals surface area (Å²) in [7, 11) is 0. The average molecular weight is 288 g/mol. The number of hydrogen-bond acceptors (Lipinski definition) is 3. The Hall–Kier alpha value is -1.70. The lowest BCUT2D eigenvalue weighted by Gasteiger charge is -2.10. The molecule has 20 heavy (non-hydrogen) atoms. The summed E-state index contributed by atoms with van der Waals surface area (Å²) in [4.78, 5) is 4.54. The minimum absolute atomic E-state index is 0.0935. The highest BCUT2D eigenvalue weighted by Crippen LogP contribution is 2.23. The van der Waals surface area contributed by atoms with E-state index in [4.69, 9.17) is 6.42 Å². The first-order chi connectivity index (χ1) is 9.72. The zero-order valence-corrected chi connectivity index (χ0v) is 12.2. The van der Waals surface area contributed by atoms with Crippen LogP contribution >= 0.6 is 11.3 Å². The molecule has 2 nitrogen and oxygen atoms in total. The van der Waals surface area contributed by atoms with E-state index in [1.165, 1.54) is 12.1 Å². The number of halogens is 1. The molecule has 0 saturated carbocycles. The van der Waals surface area contributed by atoms with Gasteiger partial charge in [-0.1, -0.05) is 19.3 Å². The number of nitrogens with one attached hydrogen (secondary N) is 1. The second-order valence-electron chi connectivity index (χ2n) is 4.54. The maximum atomic E-state index is 12.9. The van der Waals surface area contributed by atoms with Gasteiger partial charge in [-0.3, -0.25) is 5.32 Å². The molecule has 1 aromatic heterocycles. The van der Waals surface area contributed by atoms with Gasteiger partial charge in [-0.25, -0.2) is 9.37 Å². The van der Waals surface area contributed by atoms with E-state index >= 15 is 0 Å². The zero-order chi connectivity index (χ0) is 14.4. The molecule has 0 fully saturated rings. The molecule has 0 spiro atoms. The van der Waals surface area contributed by atoms with E-state index in [2.05, 4.69) is 23.1 Å². The molecule has 0 aliphatic heterocycles. The van der Waals surface area contributed by atoms with E-state index in [1.807, 2.05) is 5.38 Å². The molecule has 1 aromatic carbocycles. The minimum Gasteiger partial charge on any atom is -0.298 e. The number of thiazole rings is 1. The van der Waals surface area contributed by atoms with E-state index in [0.29, 0.717) is 6.54 Å². The van der Waals surface area contributed by atoms with E-state index in [-0.39, 0.29) is 11.9 Å². The van der Waals surface area contributed by atoms with Crippen LogP contribution in [0.2, 0.25) is 0 Å². The van der Waals surface area contributed by atoms with Gasteiger partial charge in [0.05, 0.1) is 11.7 Å². The predicted octanol–water partition coefficient (Wildman–Crippen LogP) is 3.84. The number of aromatic nitrogens is 1. The number of rotatable bonds is 6. The number of hydrogen-bond donors (Lipinski definition) is 1. The van der Waals surface area contributed by atoms with E-state index < -0.39 is 0 Å². The molecule has 2 aromatic rings. The van der Waals surface area contributed by atoms with E-state index in [9.17, 15) is 4.39 Å². The Kier molecular flexibility index (Phi) is 5.28. The Labute approximate surface area is 123 Å². The topological polar surface area (TPSA) is 24.9 Å². The Bertz CT molecular complexity index is 583. The van der Waals surface area contributed by atoms with Crippen molar-refractivity contribution in [1.82, 2.24) is 10.3 Å². The van der Waals surface area contributed by atoms with Crippen LogP contribution in [0.5, 0.6) is 0 Å². The molecule has 0 aliphatic rings. The molecule has 0 aliphatic carbocycles. The van der Waals surface area contributed by atoms with Crippen molar-refractivity contribution >= 4 is 11.3 Å².